The summed E-state index contributed by atoms with van der Waals surface area (Å²) in [5, 5.41) is 9.29. The third-order valence-corrected chi connectivity index (χ3v) is 4.87. The van der Waals surface area contributed by atoms with Crippen LogP contribution < -0.4 is 0 Å². The highest BCUT2D eigenvalue weighted by Crippen LogP contribution is 2.32. The molecule has 6 nitrogen and oxygen atoms in total. The van der Waals surface area contributed by atoms with E-state index in [4.69, 9.17) is 0 Å². The van der Waals surface area contributed by atoms with Crippen LogP contribution in [0.1, 0.15) is 46.5 Å². The third kappa shape index (κ3) is 3.10. The molecule has 2 rings (SSSR count). The van der Waals surface area contributed by atoms with Gasteiger partial charge in [-0.15, -0.1) is 0 Å². The number of aliphatic carboxylic acids is 1. The van der Waals surface area contributed by atoms with Crippen molar-refractivity contribution in [3.05, 3.63) is 0 Å². The molecule has 0 bridgehead atoms. The maximum atomic E-state index is 12.8. The average molecular weight is 310 g/mol. The lowest BCUT2D eigenvalue weighted by molar-refractivity contribution is -0.151. The van der Waals surface area contributed by atoms with E-state index in [-0.39, 0.29) is 24.3 Å². The summed E-state index contributed by atoms with van der Waals surface area (Å²) >= 11 is 0. The maximum Gasteiger partial charge on any atom is 0.311 e. The molecule has 2 heterocycles. The monoisotopic (exact) mass is 310 g/mol. The van der Waals surface area contributed by atoms with Crippen molar-refractivity contribution in [3.63, 3.8) is 0 Å². The van der Waals surface area contributed by atoms with Crippen LogP contribution in [0, 0.1) is 11.3 Å². The summed E-state index contributed by atoms with van der Waals surface area (Å²) in [7, 11) is 0. The first kappa shape index (κ1) is 16.8. The highest BCUT2D eigenvalue weighted by molar-refractivity contribution is 5.89. The van der Waals surface area contributed by atoms with Crippen molar-refractivity contribution in [2.75, 3.05) is 19.6 Å². The van der Waals surface area contributed by atoms with E-state index in [1.807, 2.05) is 13.8 Å². The second-order valence-electron chi connectivity index (χ2n) is 7.07. The first-order valence-corrected chi connectivity index (χ1v) is 8.09. The van der Waals surface area contributed by atoms with Gasteiger partial charge in [-0.05, 0) is 32.6 Å². The van der Waals surface area contributed by atoms with Gasteiger partial charge in [-0.1, -0.05) is 13.8 Å². The lowest BCUT2D eigenvalue weighted by Crippen LogP contribution is -2.54. The Morgan fingerprint density at radius 1 is 1.18 bits per heavy atom. The van der Waals surface area contributed by atoms with Crippen LogP contribution in [0.5, 0.6) is 0 Å². The Labute approximate surface area is 131 Å². The molecule has 6 heteroatoms. The standard InChI is InChI=1S/C16H26N2O4/c1-11(2)13(19)18-8-5-4-6-12(18)14(20)17-9-7-16(3,10-17)15(21)22/h11-12H,4-10H2,1-3H3,(H,21,22). The number of amides is 2. The first-order chi connectivity index (χ1) is 10.3. The number of rotatable bonds is 3. The van der Waals surface area contributed by atoms with Gasteiger partial charge in [-0.2, -0.15) is 0 Å². The SMILES string of the molecule is CC(C)C(=O)N1CCCCC1C(=O)N1CCC(C)(C(=O)O)C1. The zero-order valence-electron chi connectivity index (χ0n) is 13.7. The molecule has 2 fully saturated rings. The smallest absolute Gasteiger partial charge is 0.311 e. The van der Waals surface area contributed by atoms with Crippen LogP contribution in [-0.4, -0.2) is 58.4 Å². The van der Waals surface area contributed by atoms with Gasteiger partial charge < -0.3 is 14.9 Å². The van der Waals surface area contributed by atoms with Crippen molar-refractivity contribution in [3.8, 4) is 0 Å². The van der Waals surface area contributed by atoms with Gasteiger partial charge in [0.15, 0.2) is 0 Å². The number of piperidine rings is 1. The van der Waals surface area contributed by atoms with Crippen molar-refractivity contribution < 1.29 is 19.5 Å². The Morgan fingerprint density at radius 2 is 1.86 bits per heavy atom. The molecule has 0 saturated carbocycles. The summed E-state index contributed by atoms with van der Waals surface area (Å²) in [6.45, 7) is 6.69. The highest BCUT2D eigenvalue weighted by Gasteiger charge is 2.45. The zero-order valence-corrected chi connectivity index (χ0v) is 13.7. The van der Waals surface area contributed by atoms with Crippen LogP contribution in [0.25, 0.3) is 0 Å². The van der Waals surface area contributed by atoms with Gasteiger partial charge in [-0.3, -0.25) is 14.4 Å². The minimum absolute atomic E-state index is 0.0123. The molecule has 0 aromatic rings. The van der Waals surface area contributed by atoms with E-state index >= 15 is 0 Å². The van der Waals surface area contributed by atoms with E-state index in [1.165, 1.54) is 0 Å². The van der Waals surface area contributed by atoms with Crippen LogP contribution >= 0.6 is 0 Å². The van der Waals surface area contributed by atoms with Crippen molar-refractivity contribution >= 4 is 17.8 Å². The molecule has 0 aliphatic carbocycles. The van der Waals surface area contributed by atoms with Gasteiger partial charge in [-0.25, -0.2) is 0 Å². The molecule has 0 radical (unpaired) electrons. The summed E-state index contributed by atoms with van der Waals surface area (Å²) in [4.78, 5) is 39.8. The Morgan fingerprint density at radius 3 is 2.41 bits per heavy atom. The zero-order chi connectivity index (χ0) is 16.5. The van der Waals surface area contributed by atoms with Crippen molar-refractivity contribution in [1.82, 2.24) is 9.80 Å². The Bertz CT molecular complexity index is 477. The van der Waals surface area contributed by atoms with Crippen molar-refractivity contribution in [2.24, 2.45) is 11.3 Å². The second kappa shape index (κ2) is 6.26. The Hall–Kier alpha value is -1.59. The number of carbonyl (C=O) groups excluding carboxylic acids is 2. The molecule has 2 saturated heterocycles. The Kier molecular flexibility index (Phi) is 4.78. The van der Waals surface area contributed by atoms with Crippen molar-refractivity contribution in [1.29, 1.82) is 0 Å². The minimum atomic E-state index is -0.864. The van der Waals surface area contributed by atoms with Crippen LogP contribution in [-0.2, 0) is 14.4 Å². The fraction of sp³-hybridized carbons (Fsp3) is 0.812. The largest absolute Gasteiger partial charge is 0.481 e. The predicted molar refractivity (Wildman–Crippen MR) is 81.1 cm³/mol. The summed E-state index contributed by atoms with van der Waals surface area (Å²) < 4.78 is 0. The number of carboxylic acid groups (broad SMARTS) is 1. The summed E-state index contributed by atoms with van der Waals surface area (Å²) in [5.41, 5.74) is -0.864. The van der Waals surface area contributed by atoms with Gasteiger partial charge in [0.2, 0.25) is 11.8 Å². The van der Waals surface area contributed by atoms with E-state index in [0.29, 0.717) is 25.9 Å². The number of hydrogen-bond acceptors (Lipinski definition) is 3. The van der Waals surface area contributed by atoms with Crippen molar-refractivity contribution in [2.45, 2.75) is 52.5 Å². The number of hydrogen-bond donors (Lipinski definition) is 1. The molecule has 2 amide bonds. The lowest BCUT2D eigenvalue weighted by atomic mass is 9.90. The molecule has 2 aliphatic heterocycles. The normalized spacial score (nSPS) is 29.0. The van der Waals surface area contributed by atoms with Gasteiger partial charge >= 0.3 is 5.97 Å². The lowest BCUT2D eigenvalue weighted by Gasteiger charge is -2.38. The molecule has 0 aromatic carbocycles. The van der Waals surface area contributed by atoms with Gasteiger partial charge in [0.05, 0.1) is 5.41 Å². The van der Waals surface area contributed by atoms with E-state index in [2.05, 4.69) is 0 Å². The van der Waals surface area contributed by atoms with E-state index in [1.54, 1.807) is 16.7 Å². The van der Waals surface area contributed by atoms with Gasteiger partial charge in [0, 0.05) is 25.6 Å². The molecule has 2 aliphatic rings. The van der Waals surface area contributed by atoms with Crippen LogP contribution in [0.2, 0.25) is 0 Å². The second-order valence-corrected chi connectivity index (χ2v) is 7.07. The topological polar surface area (TPSA) is 77.9 Å². The van der Waals surface area contributed by atoms with Crippen LogP contribution in [0.3, 0.4) is 0 Å². The fourth-order valence-corrected chi connectivity index (χ4v) is 3.32. The average Bonchev–Trinajstić information content (AvgIpc) is 2.89. The van der Waals surface area contributed by atoms with Gasteiger partial charge in [0.1, 0.15) is 6.04 Å². The third-order valence-electron chi connectivity index (χ3n) is 4.87. The van der Waals surface area contributed by atoms with Crippen LogP contribution in [0.15, 0.2) is 0 Å². The molecule has 2 unspecified atom stereocenters. The molecular weight excluding hydrogens is 284 g/mol. The molecule has 1 N–H and O–H groups in total. The highest BCUT2D eigenvalue weighted by atomic mass is 16.4. The molecule has 0 aromatic heterocycles. The molecule has 22 heavy (non-hydrogen) atoms. The minimum Gasteiger partial charge on any atom is -0.481 e. The first-order valence-electron chi connectivity index (χ1n) is 8.09. The molecular formula is C16H26N2O4. The number of carboxylic acids is 1. The van der Waals surface area contributed by atoms with Gasteiger partial charge in [0.25, 0.3) is 0 Å². The number of likely N-dealkylation sites (tertiary alicyclic amines) is 2. The predicted octanol–water partition coefficient (Wildman–Crippen LogP) is 1.35. The summed E-state index contributed by atoms with van der Waals surface area (Å²) in [5.74, 6) is -1.06. The quantitative estimate of drug-likeness (QED) is 0.853. The molecule has 2 atom stereocenters. The van der Waals surface area contributed by atoms with E-state index < -0.39 is 17.4 Å². The van der Waals surface area contributed by atoms with E-state index in [0.717, 1.165) is 12.8 Å². The number of carbonyl (C=O) groups is 3. The fourth-order valence-electron chi connectivity index (χ4n) is 3.32. The van der Waals surface area contributed by atoms with E-state index in [9.17, 15) is 19.5 Å². The molecule has 124 valence electrons. The maximum absolute atomic E-state index is 12.8. The summed E-state index contributed by atoms with van der Waals surface area (Å²) in [6, 6.07) is -0.417. The van der Waals surface area contributed by atoms with Crippen LogP contribution in [0.4, 0.5) is 0 Å². The number of nitrogens with zero attached hydrogens (tertiary/aromatic N) is 2. The Balaban J connectivity index is 2.10. The molecule has 0 spiro atoms. The summed E-state index contributed by atoms with van der Waals surface area (Å²) in [6.07, 6.45) is 3.01.